The van der Waals surface area contributed by atoms with Gasteiger partial charge in [-0.05, 0) is 35.7 Å². The number of ether oxygens (including phenoxy) is 1. The van der Waals surface area contributed by atoms with Crippen molar-refractivity contribution in [2.45, 2.75) is 19.4 Å². The van der Waals surface area contributed by atoms with E-state index in [0.29, 0.717) is 26.1 Å². The monoisotopic (exact) mass is 346 g/mol. The van der Waals surface area contributed by atoms with Crippen molar-refractivity contribution in [3.8, 4) is 5.75 Å². The van der Waals surface area contributed by atoms with E-state index in [1.807, 2.05) is 48.5 Å². The first-order valence-electron chi connectivity index (χ1n) is 8.03. The van der Waals surface area contributed by atoms with Crippen LogP contribution in [0.5, 0.6) is 5.75 Å². The topological polar surface area (TPSA) is 50.4 Å². The SMILES string of the molecule is COc1ccc(CCNC(=O)CCNCc2ccccc2Cl)cc1. The highest BCUT2D eigenvalue weighted by Gasteiger charge is 2.02. The number of halogens is 1. The number of carbonyl (C=O) groups excluding carboxylic acids is 1. The molecule has 0 radical (unpaired) electrons. The van der Waals surface area contributed by atoms with E-state index in [1.165, 1.54) is 5.56 Å². The van der Waals surface area contributed by atoms with Crippen LogP contribution in [-0.4, -0.2) is 26.1 Å². The normalized spacial score (nSPS) is 10.4. The molecule has 0 saturated carbocycles. The molecule has 0 spiro atoms. The number of hydrogen-bond acceptors (Lipinski definition) is 3. The van der Waals surface area contributed by atoms with Crippen LogP contribution >= 0.6 is 11.6 Å². The Kier molecular flexibility index (Phi) is 7.59. The minimum atomic E-state index is 0.0511. The molecular weight excluding hydrogens is 324 g/mol. The van der Waals surface area contributed by atoms with Crippen LogP contribution in [0.3, 0.4) is 0 Å². The van der Waals surface area contributed by atoms with E-state index in [2.05, 4.69) is 10.6 Å². The summed E-state index contributed by atoms with van der Waals surface area (Å²) < 4.78 is 5.12. The number of benzene rings is 2. The van der Waals surface area contributed by atoms with Gasteiger partial charge in [0.15, 0.2) is 0 Å². The van der Waals surface area contributed by atoms with Crippen molar-refractivity contribution in [3.05, 3.63) is 64.7 Å². The van der Waals surface area contributed by atoms with E-state index >= 15 is 0 Å². The van der Waals surface area contributed by atoms with Gasteiger partial charge < -0.3 is 15.4 Å². The van der Waals surface area contributed by atoms with Gasteiger partial charge in [0, 0.05) is 31.1 Å². The second-order valence-electron chi connectivity index (χ2n) is 5.47. The molecule has 0 aliphatic rings. The van der Waals surface area contributed by atoms with Gasteiger partial charge in [-0.1, -0.05) is 41.9 Å². The Morgan fingerprint density at radius 3 is 2.54 bits per heavy atom. The molecule has 0 saturated heterocycles. The average Bonchev–Trinajstić information content (AvgIpc) is 2.61. The number of amides is 1. The van der Waals surface area contributed by atoms with Crippen LogP contribution in [0.4, 0.5) is 0 Å². The molecule has 0 unspecified atom stereocenters. The Labute approximate surface area is 148 Å². The molecule has 0 fully saturated rings. The zero-order valence-corrected chi connectivity index (χ0v) is 14.6. The highest BCUT2D eigenvalue weighted by atomic mass is 35.5. The summed E-state index contributed by atoms with van der Waals surface area (Å²) in [5, 5.41) is 6.91. The third kappa shape index (κ3) is 6.22. The molecule has 1 amide bonds. The van der Waals surface area contributed by atoms with Gasteiger partial charge in [-0.3, -0.25) is 4.79 Å². The molecule has 2 N–H and O–H groups in total. The Balaban J connectivity index is 1.58. The molecule has 0 aliphatic heterocycles. The predicted molar refractivity (Wildman–Crippen MR) is 97.5 cm³/mol. The third-order valence-corrected chi connectivity index (χ3v) is 4.07. The summed E-state index contributed by atoms with van der Waals surface area (Å²) in [6.45, 7) is 1.92. The maximum absolute atomic E-state index is 11.8. The fourth-order valence-corrected chi connectivity index (χ4v) is 2.50. The Bertz CT molecular complexity index is 644. The van der Waals surface area contributed by atoms with Crippen LogP contribution in [0.1, 0.15) is 17.5 Å². The van der Waals surface area contributed by atoms with Gasteiger partial charge >= 0.3 is 0 Å². The summed E-state index contributed by atoms with van der Waals surface area (Å²) >= 11 is 6.08. The molecule has 0 atom stereocenters. The Morgan fingerprint density at radius 2 is 1.83 bits per heavy atom. The molecule has 0 bridgehead atoms. The highest BCUT2D eigenvalue weighted by Crippen LogP contribution is 2.14. The molecule has 24 heavy (non-hydrogen) atoms. The van der Waals surface area contributed by atoms with Crippen molar-refractivity contribution in [3.63, 3.8) is 0 Å². The lowest BCUT2D eigenvalue weighted by atomic mass is 10.1. The first kappa shape index (κ1) is 18.3. The molecular formula is C19H23ClN2O2. The van der Waals surface area contributed by atoms with E-state index in [9.17, 15) is 4.79 Å². The molecule has 5 heteroatoms. The summed E-state index contributed by atoms with van der Waals surface area (Å²) in [5.41, 5.74) is 2.21. The molecule has 2 aromatic carbocycles. The van der Waals surface area contributed by atoms with E-state index in [1.54, 1.807) is 7.11 Å². The van der Waals surface area contributed by atoms with Crippen LogP contribution in [0.25, 0.3) is 0 Å². The van der Waals surface area contributed by atoms with Gasteiger partial charge in [-0.2, -0.15) is 0 Å². The van der Waals surface area contributed by atoms with Crippen LogP contribution < -0.4 is 15.4 Å². The second kappa shape index (κ2) is 9.96. The highest BCUT2D eigenvalue weighted by molar-refractivity contribution is 6.31. The van der Waals surface area contributed by atoms with Gasteiger partial charge in [0.05, 0.1) is 7.11 Å². The largest absolute Gasteiger partial charge is 0.497 e. The van der Waals surface area contributed by atoms with E-state index in [4.69, 9.17) is 16.3 Å². The molecule has 0 aromatic heterocycles. The maximum atomic E-state index is 11.8. The summed E-state index contributed by atoms with van der Waals surface area (Å²) in [5.74, 6) is 0.891. The predicted octanol–water partition coefficient (Wildman–Crippen LogP) is 3.19. The van der Waals surface area contributed by atoms with Crippen LogP contribution in [0, 0.1) is 0 Å². The smallest absolute Gasteiger partial charge is 0.221 e. The average molecular weight is 347 g/mol. The molecule has 4 nitrogen and oxygen atoms in total. The zero-order chi connectivity index (χ0) is 17.2. The zero-order valence-electron chi connectivity index (χ0n) is 13.8. The van der Waals surface area contributed by atoms with E-state index < -0.39 is 0 Å². The number of carbonyl (C=O) groups is 1. The summed E-state index contributed by atoms with van der Waals surface area (Å²) in [4.78, 5) is 11.8. The van der Waals surface area contributed by atoms with Crippen LogP contribution in [0.15, 0.2) is 48.5 Å². The van der Waals surface area contributed by atoms with Crippen LogP contribution in [0.2, 0.25) is 5.02 Å². The van der Waals surface area contributed by atoms with Gasteiger partial charge in [-0.25, -0.2) is 0 Å². The van der Waals surface area contributed by atoms with E-state index in [-0.39, 0.29) is 5.91 Å². The number of rotatable bonds is 9. The molecule has 128 valence electrons. The molecule has 2 aromatic rings. The van der Waals surface area contributed by atoms with Crippen molar-refractivity contribution >= 4 is 17.5 Å². The quantitative estimate of drug-likeness (QED) is 0.686. The minimum Gasteiger partial charge on any atom is -0.497 e. The first-order valence-corrected chi connectivity index (χ1v) is 8.40. The number of hydrogen-bond donors (Lipinski definition) is 2. The fraction of sp³-hybridized carbons (Fsp3) is 0.316. The second-order valence-corrected chi connectivity index (χ2v) is 5.87. The first-order chi connectivity index (χ1) is 11.7. The molecule has 0 heterocycles. The number of nitrogens with one attached hydrogen (secondary N) is 2. The summed E-state index contributed by atoms with van der Waals surface area (Å²) in [6.07, 6.45) is 1.26. The van der Waals surface area contributed by atoms with Crippen LogP contribution in [-0.2, 0) is 17.8 Å². The summed E-state index contributed by atoms with van der Waals surface area (Å²) in [6, 6.07) is 15.6. The standard InChI is InChI=1S/C19H23ClN2O2/c1-24-17-8-6-15(7-9-17)10-13-22-19(23)11-12-21-14-16-4-2-3-5-18(16)20/h2-9,21H,10-14H2,1H3,(H,22,23). The Hall–Kier alpha value is -2.04. The van der Waals surface area contributed by atoms with E-state index in [0.717, 1.165) is 22.8 Å². The third-order valence-electron chi connectivity index (χ3n) is 3.70. The van der Waals surface area contributed by atoms with Gasteiger partial charge in [0.1, 0.15) is 5.75 Å². The van der Waals surface area contributed by atoms with Gasteiger partial charge in [0.2, 0.25) is 5.91 Å². The van der Waals surface area contributed by atoms with Crippen molar-refractivity contribution < 1.29 is 9.53 Å². The van der Waals surface area contributed by atoms with Crippen molar-refractivity contribution in [1.82, 2.24) is 10.6 Å². The fourth-order valence-electron chi connectivity index (χ4n) is 2.29. The molecule has 0 aliphatic carbocycles. The summed E-state index contributed by atoms with van der Waals surface area (Å²) in [7, 11) is 1.65. The van der Waals surface area contributed by atoms with Gasteiger partial charge in [-0.15, -0.1) is 0 Å². The van der Waals surface area contributed by atoms with Crippen molar-refractivity contribution in [2.75, 3.05) is 20.2 Å². The van der Waals surface area contributed by atoms with Crippen molar-refractivity contribution in [1.29, 1.82) is 0 Å². The number of methoxy groups -OCH3 is 1. The maximum Gasteiger partial charge on any atom is 0.221 e. The lowest BCUT2D eigenvalue weighted by molar-refractivity contribution is -0.120. The lowest BCUT2D eigenvalue weighted by Gasteiger charge is -2.08. The molecule has 2 rings (SSSR count). The van der Waals surface area contributed by atoms with Gasteiger partial charge in [0.25, 0.3) is 0 Å². The lowest BCUT2D eigenvalue weighted by Crippen LogP contribution is -2.29. The minimum absolute atomic E-state index is 0.0511. The van der Waals surface area contributed by atoms with Crippen molar-refractivity contribution in [2.24, 2.45) is 0 Å². The Morgan fingerprint density at radius 1 is 1.08 bits per heavy atom.